The van der Waals surface area contributed by atoms with E-state index < -0.39 is 0 Å². The average Bonchev–Trinajstić information content (AvgIpc) is 3.13. The molecule has 0 saturated heterocycles. The Hall–Kier alpha value is -3.39. The van der Waals surface area contributed by atoms with Gasteiger partial charge in [0.15, 0.2) is 0 Å². The van der Waals surface area contributed by atoms with Gasteiger partial charge in [0, 0.05) is 12.1 Å². The minimum absolute atomic E-state index is 0.149. The van der Waals surface area contributed by atoms with Gasteiger partial charge >= 0.3 is 0 Å². The average molecular weight is 333 g/mol. The molecule has 1 aromatic heterocycles. The summed E-state index contributed by atoms with van der Waals surface area (Å²) in [5, 5.41) is 6.96. The number of aromatic nitrogens is 2. The predicted octanol–water partition coefficient (Wildman–Crippen LogP) is 3.49. The van der Waals surface area contributed by atoms with Gasteiger partial charge in [-0.3, -0.25) is 9.89 Å². The monoisotopic (exact) mass is 333 g/mol. The molecule has 1 N–H and O–H groups in total. The van der Waals surface area contributed by atoms with Crippen molar-refractivity contribution in [3.63, 3.8) is 0 Å². The maximum atomic E-state index is 13.0. The molecule has 0 saturated carbocycles. The van der Waals surface area contributed by atoms with Crippen molar-refractivity contribution in [1.29, 1.82) is 0 Å². The summed E-state index contributed by atoms with van der Waals surface area (Å²) in [5.41, 5.74) is 2.76. The van der Waals surface area contributed by atoms with Crippen molar-refractivity contribution >= 4 is 5.91 Å². The van der Waals surface area contributed by atoms with E-state index in [-0.39, 0.29) is 18.3 Å². The number of aromatic amines is 1. The highest BCUT2D eigenvalue weighted by Gasteiger charge is 2.18. The first-order valence-electron chi connectivity index (χ1n) is 7.75. The van der Waals surface area contributed by atoms with Crippen molar-refractivity contribution in [3.05, 3.63) is 77.7 Å². The summed E-state index contributed by atoms with van der Waals surface area (Å²) >= 11 is 0. The Bertz CT molecular complexity index is 895. The van der Waals surface area contributed by atoms with Crippen LogP contribution in [0, 0.1) is 18.2 Å². The van der Waals surface area contributed by atoms with Crippen molar-refractivity contribution in [2.75, 3.05) is 6.54 Å². The summed E-state index contributed by atoms with van der Waals surface area (Å²) in [7, 11) is 0. The molecule has 2 aromatic carbocycles. The Balaban J connectivity index is 1.80. The third-order valence-corrected chi connectivity index (χ3v) is 3.73. The zero-order valence-electron chi connectivity index (χ0n) is 13.4. The van der Waals surface area contributed by atoms with Crippen LogP contribution in [0.3, 0.4) is 0 Å². The Morgan fingerprint density at radius 1 is 1.16 bits per heavy atom. The fourth-order valence-corrected chi connectivity index (χ4v) is 2.48. The number of nitrogens with zero attached hydrogens (tertiary/aromatic N) is 2. The molecule has 0 unspecified atom stereocenters. The minimum Gasteiger partial charge on any atom is -0.322 e. The first kappa shape index (κ1) is 16.5. The first-order chi connectivity index (χ1) is 12.2. The van der Waals surface area contributed by atoms with Gasteiger partial charge in [0.2, 0.25) is 0 Å². The number of carbonyl (C=O) groups is 1. The molecule has 1 heterocycles. The molecule has 3 rings (SSSR count). The Kier molecular flexibility index (Phi) is 4.91. The lowest BCUT2D eigenvalue weighted by molar-refractivity contribution is 0.0760. The summed E-state index contributed by atoms with van der Waals surface area (Å²) in [6.45, 7) is 0.443. The molecule has 4 nitrogen and oxygen atoms in total. The van der Waals surface area contributed by atoms with Gasteiger partial charge in [0.25, 0.3) is 5.91 Å². The van der Waals surface area contributed by atoms with Gasteiger partial charge in [0.1, 0.15) is 11.5 Å². The molecule has 0 aliphatic carbocycles. The molecule has 25 heavy (non-hydrogen) atoms. The highest BCUT2D eigenvalue weighted by atomic mass is 19.1. The number of hydrogen-bond acceptors (Lipinski definition) is 2. The van der Waals surface area contributed by atoms with E-state index in [1.54, 1.807) is 18.2 Å². The molecule has 3 aromatic rings. The number of hydrogen-bond donors (Lipinski definition) is 1. The van der Waals surface area contributed by atoms with Crippen LogP contribution < -0.4 is 0 Å². The van der Waals surface area contributed by atoms with Gasteiger partial charge in [0.05, 0.1) is 12.2 Å². The summed E-state index contributed by atoms with van der Waals surface area (Å²) in [6.07, 6.45) is 5.39. The van der Waals surface area contributed by atoms with Crippen LogP contribution in [0.5, 0.6) is 0 Å². The van der Waals surface area contributed by atoms with E-state index >= 15 is 0 Å². The van der Waals surface area contributed by atoms with Crippen LogP contribution in [-0.2, 0) is 6.54 Å². The van der Waals surface area contributed by atoms with Crippen LogP contribution in [0.1, 0.15) is 16.1 Å². The van der Waals surface area contributed by atoms with Crippen molar-refractivity contribution < 1.29 is 9.18 Å². The van der Waals surface area contributed by atoms with Crippen LogP contribution in [0.15, 0.2) is 60.7 Å². The van der Waals surface area contributed by atoms with Crippen molar-refractivity contribution in [3.8, 4) is 23.6 Å². The standard InChI is InChI=1S/C20H16FN3O/c1-2-12-24(14-15-8-10-17(21)11-9-15)20(25)19-13-18(22-23-19)16-6-4-3-5-7-16/h1,3-11,13H,12,14H2,(H,22,23). The van der Waals surface area contributed by atoms with Crippen molar-refractivity contribution in [2.24, 2.45) is 0 Å². The quantitative estimate of drug-likeness (QED) is 0.727. The second-order valence-electron chi connectivity index (χ2n) is 5.52. The second-order valence-corrected chi connectivity index (χ2v) is 5.52. The number of rotatable bonds is 5. The number of terminal acetylenes is 1. The van der Waals surface area contributed by atoms with E-state index in [2.05, 4.69) is 16.1 Å². The van der Waals surface area contributed by atoms with E-state index in [4.69, 9.17) is 6.42 Å². The number of amides is 1. The molecule has 0 aliphatic rings. The molecule has 0 bridgehead atoms. The highest BCUT2D eigenvalue weighted by molar-refractivity contribution is 5.93. The van der Waals surface area contributed by atoms with E-state index in [0.29, 0.717) is 17.9 Å². The van der Waals surface area contributed by atoms with Gasteiger partial charge in [-0.1, -0.05) is 48.4 Å². The number of benzene rings is 2. The zero-order valence-corrected chi connectivity index (χ0v) is 13.4. The molecule has 5 heteroatoms. The van der Waals surface area contributed by atoms with Crippen LogP contribution in [0.4, 0.5) is 4.39 Å². The molecule has 0 aliphatic heterocycles. The maximum Gasteiger partial charge on any atom is 0.272 e. The summed E-state index contributed by atoms with van der Waals surface area (Å²) in [4.78, 5) is 14.2. The van der Waals surface area contributed by atoms with Gasteiger partial charge in [-0.2, -0.15) is 5.10 Å². The molecular formula is C20H16FN3O. The van der Waals surface area contributed by atoms with Crippen LogP contribution >= 0.6 is 0 Å². The topological polar surface area (TPSA) is 49.0 Å². The van der Waals surface area contributed by atoms with E-state index in [9.17, 15) is 9.18 Å². The largest absolute Gasteiger partial charge is 0.322 e. The van der Waals surface area contributed by atoms with Crippen molar-refractivity contribution in [2.45, 2.75) is 6.54 Å². The molecule has 0 atom stereocenters. The Labute approximate surface area is 145 Å². The van der Waals surface area contributed by atoms with Gasteiger partial charge < -0.3 is 4.90 Å². The molecule has 0 spiro atoms. The summed E-state index contributed by atoms with van der Waals surface area (Å²) < 4.78 is 13.0. The van der Waals surface area contributed by atoms with Gasteiger partial charge in [-0.05, 0) is 23.8 Å². The minimum atomic E-state index is -0.320. The molecule has 1 amide bonds. The normalized spacial score (nSPS) is 10.2. The SMILES string of the molecule is C#CCN(Cc1ccc(F)cc1)C(=O)c1cc(-c2ccccc2)n[nH]1. The smallest absolute Gasteiger partial charge is 0.272 e. The molecule has 124 valence electrons. The van der Waals surface area contributed by atoms with Crippen LogP contribution in [0.25, 0.3) is 11.3 Å². The van der Waals surface area contributed by atoms with E-state index in [1.807, 2.05) is 30.3 Å². The van der Waals surface area contributed by atoms with Gasteiger partial charge in [-0.25, -0.2) is 4.39 Å². The zero-order chi connectivity index (χ0) is 17.6. The van der Waals surface area contributed by atoms with Crippen LogP contribution in [0.2, 0.25) is 0 Å². The first-order valence-corrected chi connectivity index (χ1v) is 7.75. The third kappa shape index (κ3) is 3.93. The molecule has 0 fully saturated rings. The van der Waals surface area contributed by atoms with E-state index in [0.717, 1.165) is 11.1 Å². The Morgan fingerprint density at radius 2 is 1.88 bits per heavy atom. The maximum absolute atomic E-state index is 13.0. The summed E-state index contributed by atoms with van der Waals surface area (Å²) in [6, 6.07) is 17.3. The van der Waals surface area contributed by atoms with E-state index in [1.165, 1.54) is 17.0 Å². The van der Waals surface area contributed by atoms with Gasteiger partial charge in [-0.15, -0.1) is 6.42 Å². The number of halogens is 1. The molecule has 0 radical (unpaired) electrons. The fourth-order valence-electron chi connectivity index (χ4n) is 2.48. The fraction of sp³-hybridized carbons (Fsp3) is 0.100. The number of H-pyrrole nitrogens is 1. The molecular weight excluding hydrogens is 317 g/mol. The highest BCUT2D eigenvalue weighted by Crippen LogP contribution is 2.18. The lowest BCUT2D eigenvalue weighted by Crippen LogP contribution is -2.31. The van der Waals surface area contributed by atoms with Crippen LogP contribution in [-0.4, -0.2) is 27.5 Å². The lowest BCUT2D eigenvalue weighted by atomic mass is 10.1. The second kappa shape index (κ2) is 7.45. The van der Waals surface area contributed by atoms with Crippen molar-refractivity contribution in [1.82, 2.24) is 15.1 Å². The summed E-state index contributed by atoms with van der Waals surface area (Å²) in [5.74, 6) is 1.91. The Morgan fingerprint density at radius 3 is 2.56 bits per heavy atom. The predicted molar refractivity (Wildman–Crippen MR) is 94.0 cm³/mol. The number of nitrogens with one attached hydrogen (secondary N) is 1. The lowest BCUT2D eigenvalue weighted by Gasteiger charge is -2.19. The third-order valence-electron chi connectivity index (χ3n) is 3.73. The number of carbonyl (C=O) groups excluding carboxylic acids is 1.